The third kappa shape index (κ3) is 2.97. The zero-order valence-electron chi connectivity index (χ0n) is 11.0. The number of anilines is 3. The molecule has 2 heterocycles. The van der Waals surface area contributed by atoms with Gasteiger partial charge in [0.1, 0.15) is 12.7 Å². The van der Waals surface area contributed by atoms with Gasteiger partial charge in [0, 0.05) is 10.2 Å². The monoisotopic (exact) mass is 346 g/mol. The lowest BCUT2D eigenvalue weighted by molar-refractivity contribution is 0.800. The van der Waals surface area contributed by atoms with Gasteiger partial charge in [-0.25, -0.2) is 4.98 Å². The van der Waals surface area contributed by atoms with Crippen molar-refractivity contribution >= 4 is 33.5 Å². The van der Waals surface area contributed by atoms with E-state index in [2.05, 4.69) is 46.3 Å². The van der Waals surface area contributed by atoms with Crippen molar-refractivity contribution in [1.82, 2.24) is 29.7 Å². The molecular formula is C12H11BrN8. The van der Waals surface area contributed by atoms with Gasteiger partial charge >= 0.3 is 0 Å². The summed E-state index contributed by atoms with van der Waals surface area (Å²) >= 11 is 3.46. The topological polar surface area (TPSA) is 107 Å². The smallest absolute Gasteiger partial charge is 0.258 e. The molecule has 3 rings (SSSR count). The molecular weight excluding hydrogens is 336 g/mol. The van der Waals surface area contributed by atoms with Gasteiger partial charge in [-0.15, -0.1) is 0 Å². The van der Waals surface area contributed by atoms with Crippen LogP contribution < -0.4 is 11.1 Å². The Morgan fingerprint density at radius 3 is 2.81 bits per heavy atom. The quantitative estimate of drug-likeness (QED) is 0.744. The van der Waals surface area contributed by atoms with Crippen molar-refractivity contribution in [3.05, 3.63) is 40.9 Å². The van der Waals surface area contributed by atoms with E-state index < -0.39 is 0 Å². The summed E-state index contributed by atoms with van der Waals surface area (Å²) < 4.78 is 2.45. The Bertz CT molecular complexity index is 771. The summed E-state index contributed by atoms with van der Waals surface area (Å²) in [7, 11) is 0. The molecule has 2 aromatic heterocycles. The van der Waals surface area contributed by atoms with Crippen LogP contribution in [0.25, 0.3) is 5.95 Å². The highest BCUT2D eigenvalue weighted by Crippen LogP contribution is 2.22. The zero-order chi connectivity index (χ0) is 14.8. The minimum Gasteiger partial charge on any atom is -0.368 e. The van der Waals surface area contributed by atoms with Crippen LogP contribution in [-0.2, 0) is 0 Å². The van der Waals surface area contributed by atoms with Gasteiger partial charge in [0.05, 0.1) is 0 Å². The van der Waals surface area contributed by atoms with Crippen LogP contribution in [0.3, 0.4) is 0 Å². The Balaban J connectivity index is 1.93. The Hall–Kier alpha value is -2.55. The molecule has 0 amide bonds. The Morgan fingerprint density at radius 2 is 2.10 bits per heavy atom. The van der Waals surface area contributed by atoms with E-state index in [1.165, 1.54) is 17.3 Å². The normalized spacial score (nSPS) is 10.6. The summed E-state index contributed by atoms with van der Waals surface area (Å²) in [5.41, 5.74) is 7.65. The second-order valence-corrected chi connectivity index (χ2v) is 5.10. The fraction of sp³-hybridized carbons (Fsp3) is 0.0833. The third-order valence-electron chi connectivity index (χ3n) is 2.68. The molecule has 0 saturated heterocycles. The maximum Gasteiger partial charge on any atom is 0.258 e. The molecule has 0 aliphatic heterocycles. The van der Waals surface area contributed by atoms with E-state index in [1.54, 1.807) is 0 Å². The van der Waals surface area contributed by atoms with Crippen LogP contribution in [0, 0.1) is 6.92 Å². The van der Waals surface area contributed by atoms with Crippen molar-refractivity contribution in [3.63, 3.8) is 0 Å². The van der Waals surface area contributed by atoms with Gasteiger partial charge in [-0.05, 0) is 30.7 Å². The van der Waals surface area contributed by atoms with Crippen molar-refractivity contribution in [3.8, 4) is 5.95 Å². The van der Waals surface area contributed by atoms with E-state index >= 15 is 0 Å². The molecule has 0 saturated carbocycles. The number of nitrogens with one attached hydrogen (secondary N) is 1. The van der Waals surface area contributed by atoms with Crippen LogP contribution in [0.1, 0.15) is 5.56 Å². The highest BCUT2D eigenvalue weighted by atomic mass is 79.9. The lowest BCUT2D eigenvalue weighted by Gasteiger charge is -2.08. The van der Waals surface area contributed by atoms with Crippen LogP contribution in [0.2, 0.25) is 0 Å². The molecule has 106 valence electrons. The lowest BCUT2D eigenvalue weighted by Crippen LogP contribution is -2.09. The standard InChI is InChI=1S/C12H11BrN8/c1-7-4-8(2-3-9(7)13)17-11-18-10(14)19-12(20-11)21-6-15-5-16-21/h2-6H,1H3,(H3,14,17,18,19,20). The minimum atomic E-state index is 0.104. The van der Waals surface area contributed by atoms with Crippen LogP contribution in [0.4, 0.5) is 17.6 Å². The molecule has 0 spiro atoms. The van der Waals surface area contributed by atoms with E-state index in [-0.39, 0.29) is 5.95 Å². The minimum absolute atomic E-state index is 0.104. The maximum atomic E-state index is 5.70. The van der Waals surface area contributed by atoms with E-state index in [9.17, 15) is 0 Å². The number of hydrogen-bond acceptors (Lipinski definition) is 7. The molecule has 0 aliphatic rings. The molecule has 3 N–H and O–H groups in total. The zero-order valence-corrected chi connectivity index (χ0v) is 12.6. The van der Waals surface area contributed by atoms with Crippen LogP contribution in [-0.4, -0.2) is 29.7 Å². The van der Waals surface area contributed by atoms with Crippen molar-refractivity contribution in [2.75, 3.05) is 11.1 Å². The first-order valence-electron chi connectivity index (χ1n) is 6.01. The third-order valence-corrected chi connectivity index (χ3v) is 3.57. The van der Waals surface area contributed by atoms with Gasteiger partial charge in [0.25, 0.3) is 5.95 Å². The summed E-state index contributed by atoms with van der Waals surface area (Å²) in [6, 6.07) is 5.83. The maximum absolute atomic E-state index is 5.70. The van der Waals surface area contributed by atoms with Gasteiger partial charge in [-0.2, -0.15) is 24.7 Å². The fourth-order valence-electron chi connectivity index (χ4n) is 1.70. The van der Waals surface area contributed by atoms with E-state index in [4.69, 9.17) is 5.73 Å². The van der Waals surface area contributed by atoms with Crippen LogP contribution in [0.5, 0.6) is 0 Å². The molecule has 3 aromatic rings. The Labute approximate surface area is 128 Å². The Kier molecular flexibility index (Phi) is 3.48. The van der Waals surface area contributed by atoms with Gasteiger partial charge < -0.3 is 11.1 Å². The molecule has 0 unspecified atom stereocenters. The van der Waals surface area contributed by atoms with Gasteiger partial charge in [-0.3, -0.25) is 0 Å². The summed E-state index contributed by atoms with van der Waals surface area (Å²) in [5, 5.41) is 7.06. The van der Waals surface area contributed by atoms with E-state index in [1.807, 2.05) is 25.1 Å². The molecule has 0 aliphatic carbocycles. The molecule has 0 radical (unpaired) electrons. The second-order valence-electron chi connectivity index (χ2n) is 4.25. The first-order chi connectivity index (χ1) is 10.1. The molecule has 0 fully saturated rings. The number of hydrogen-bond donors (Lipinski definition) is 2. The van der Waals surface area contributed by atoms with Crippen LogP contribution >= 0.6 is 15.9 Å². The van der Waals surface area contributed by atoms with Gasteiger partial charge in [0.15, 0.2) is 0 Å². The van der Waals surface area contributed by atoms with Crippen molar-refractivity contribution in [2.45, 2.75) is 6.92 Å². The van der Waals surface area contributed by atoms with Gasteiger partial charge in [0.2, 0.25) is 11.9 Å². The number of nitrogen functional groups attached to an aromatic ring is 1. The molecule has 8 nitrogen and oxygen atoms in total. The molecule has 0 bridgehead atoms. The average molecular weight is 347 g/mol. The summed E-state index contributed by atoms with van der Waals surface area (Å²) in [6.07, 6.45) is 2.88. The van der Waals surface area contributed by atoms with E-state index in [0.717, 1.165) is 15.7 Å². The highest BCUT2D eigenvalue weighted by molar-refractivity contribution is 9.10. The second kappa shape index (κ2) is 5.44. The van der Waals surface area contributed by atoms with Crippen molar-refractivity contribution in [1.29, 1.82) is 0 Å². The number of nitrogens with two attached hydrogens (primary N) is 1. The number of nitrogens with zero attached hydrogens (tertiary/aromatic N) is 6. The molecule has 1 aromatic carbocycles. The number of rotatable bonds is 3. The SMILES string of the molecule is Cc1cc(Nc2nc(N)nc(-n3cncn3)n2)ccc1Br. The highest BCUT2D eigenvalue weighted by Gasteiger charge is 2.07. The van der Waals surface area contributed by atoms with Crippen LogP contribution in [0.15, 0.2) is 35.3 Å². The largest absolute Gasteiger partial charge is 0.368 e. The first kappa shape index (κ1) is 13.4. The molecule has 21 heavy (non-hydrogen) atoms. The predicted octanol–water partition coefficient (Wildman–Crippen LogP) is 1.85. The number of benzene rings is 1. The predicted molar refractivity (Wildman–Crippen MR) is 81.3 cm³/mol. The average Bonchev–Trinajstić information content (AvgIpc) is 2.96. The summed E-state index contributed by atoms with van der Waals surface area (Å²) in [5.74, 6) is 0.748. The van der Waals surface area contributed by atoms with E-state index in [0.29, 0.717) is 11.9 Å². The first-order valence-corrected chi connectivity index (χ1v) is 6.81. The van der Waals surface area contributed by atoms with Crippen molar-refractivity contribution in [2.24, 2.45) is 0 Å². The molecule has 9 heteroatoms. The van der Waals surface area contributed by atoms with Gasteiger partial charge in [-0.1, -0.05) is 15.9 Å². The summed E-state index contributed by atoms with van der Waals surface area (Å²) in [6.45, 7) is 2.00. The fourth-order valence-corrected chi connectivity index (χ4v) is 1.95. The molecule has 0 atom stereocenters. The Morgan fingerprint density at radius 1 is 1.24 bits per heavy atom. The summed E-state index contributed by atoms with van der Waals surface area (Å²) in [4.78, 5) is 16.2. The number of aromatic nitrogens is 6. The number of aryl methyl sites for hydroxylation is 1. The lowest BCUT2D eigenvalue weighted by atomic mass is 10.2. The van der Waals surface area contributed by atoms with Crippen molar-refractivity contribution < 1.29 is 0 Å². The number of halogens is 1.